The number of rotatable bonds is 2. The normalized spacial score (nSPS) is 20.1. The van der Waals surface area contributed by atoms with E-state index in [0.29, 0.717) is 18.4 Å². The minimum Gasteiger partial charge on any atom is -0.454 e. The van der Waals surface area contributed by atoms with Gasteiger partial charge in [0, 0.05) is 18.4 Å². The summed E-state index contributed by atoms with van der Waals surface area (Å²) in [4.78, 5) is 22.7. The maximum absolute atomic E-state index is 11.8. The minimum absolute atomic E-state index is 0.0964. The van der Waals surface area contributed by atoms with Crippen molar-refractivity contribution in [3.05, 3.63) is 35.4 Å². The van der Waals surface area contributed by atoms with Crippen LogP contribution in [-0.2, 0) is 9.53 Å². The Morgan fingerprint density at radius 2 is 2.00 bits per heavy atom. The van der Waals surface area contributed by atoms with Gasteiger partial charge < -0.3 is 4.74 Å². The maximum Gasteiger partial charge on any atom is 0.306 e. The maximum atomic E-state index is 11.8. The van der Waals surface area contributed by atoms with Gasteiger partial charge in [-0.2, -0.15) is 0 Å². The average Bonchev–Trinajstić information content (AvgIpc) is 2.65. The largest absolute Gasteiger partial charge is 0.454 e. The molecule has 0 aliphatic carbocycles. The molecule has 1 aromatic carbocycles. The molecule has 0 radical (unpaired) electrons. The van der Waals surface area contributed by atoms with Gasteiger partial charge >= 0.3 is 5.97 Å². The lowest BCUT2D eigenvalue weighted by Crippen LogP contribution is -2.20. The Balaban J connectivity index is 2.14. The Hall–Kier alpha value is -1.64. The molecule has 3 heteroatoms. The van der Waals surface area contributed by atoms with Crippen LogP contribution in [0, 0.1) is 6.92 Å². The van der Waals surface area contributed by atoms with Gasteiger partial charge in [-0.25, -0.2) is 0 Å². The van der Waals surface area contributed by atoms with Crippen LogP contribution >= 0.6 is 0 Å². The zero-order valence-corrected chi connectivity index (χ0v) is 8.53. The van der Waals surface area contributed by atoms with Crippen molar-refractivity contribution in [2.45, 2.75) is 25.9 Å². The van der Waals surface area contributed by atoms with Crippen LogP contribution in [0.4, 0.5) is 0 Å². The van der Waals surface area contributed by atoms with Gasteiger partial charge in [0.05, 0.1) is 0 Å². The number of aryl methyl sites for hydroxylation is 1. The molecule has 1 atom stereocenters. The molecule has 0 spiro atoms. The van der Waals surface area contributed by atoms with Crippen LogP contribution in [0.25, 0.3) is 0 Å². The molecule has 1 aromatic rings. The lowest BCUT2D eigenvalue weighted by atomic mass is 10.0. The predicted octanol–water partition coefficient (Wildman–Crippen LogP) is 1.88. The summed E-state index contributed by atoms with van der Waals surface area (Å²) in [6.45, 7) is 1.96. The smallest absolute Gasteiger partial charge is 0.306 e. The van der Waals surface area contributed by atoms with Gasteiger partial charge in [-0.1, -0.05) is 29.8 Å². The highest BCUT2D eigenvalue weighted by molar-refractivity contribution is 6.01. The average molecular weight is 204 g/mol. The summed E-state index contributed by atoms with van der Waals surface area (Å²) < 4.78 is 4.92. The second-order valence-electron chi connectivity index (χ2n) is 3.75. The molecule has 0 bridgehead atoms. The van der Waals surface area contributed by atoms with Crippen LogP contribution in [-0.4, -0.2) is 17.9 Å². The van der Waals surface area contributed by atoms with E-state index in [0.717, 1.165) is 5.56 Å². The molecule has 3 nitrogen and oxygen atoms in total. The molecule has 2 rings (SSSR count). The second kappa shape index (κ2) is 3.85. The highest BCUT2D eigenvalue weighted by Gasteiger charge is 2.30. The van der Waals surface area contributed by atoms with E-state index in [-0.39, 0.29) is 11.8 Å². The standard InChI is InChI=1S/C12H12O3/c1-8-2-4-9(5-3-8)12(14)10-6-7-11(13)15-10/h2-5,10H,6-7H2,1H3/t10-/m1/s1. The summed E-state index contributed by atoms with van der Waals surface area (Å²) in [6.07, 6.45) is 0.286. The number of hydrogen-bond donors (Lipinski definition) is 0. The number of cyclic esters (lactones) is 1. The Morgan fingerprint density at radius 3 is 2.53 bits per heavy atom. The molecule has 0 saturated carbocycles. The second-order valence-corrected chi connectivity index (χ2v) is 3.75. The third-order valence-electron chi connectivity index (χ3n) is 2.51. The van der Waals surface area contributed by atoms with Crippen LogP contribution in [0.1, 0.15) is 28.8 Å². The number of ketones is 1. The lowest BCUT2D eigenvalue weighted by Gasteiger charge is -2.07. The number of ether oxygens (including phenoxy) is 1. The SMILES string of the molecule is Cc1ccc(C(=O)[C@H]2CCC(=O)O2)cc1. The van der Waals surface area contributed by atoms with Crippen LogP contribution in [0.5, 0.6) is 0 Å². The topological polar surface area (TPSA) is 43.4 Å². The minimum atomic E-state index is -0.569. The van der Waals surface area contributed by atoms with Crippen molar-refractivity contribution < 1.29 is 14.3 Å². The fourth-order valence-corrected chi connectivity index (χ4v) is 1.61. The molecule has 0 aromatic heterocycles. The first-order valence-electron chi connectivity index (χ1n) is 4.97. The van der Waals surface area contributed by atoms with Gasteiger partial charge in [-0.05, 0) is 6.92 Å². The Morgan fingerprint density at radius 1 is 1.33 bits per heavy atom. The van der Waals surface area contributed by atoms with Gasteiger partial charge in [-0.15, -0.1) is 0 Å². The molecule has 78 valence electrons. The van der Waals surface area contributed by atoms with Gasteiger partial charge in [0.2, 0.25) is 5.78 Å². The van der Waals surface area contributed by atoms with Crippen LogP contribution in [0.2, 0.25) is 0 Å². The molecule has 15 heavy (non-hydrogen) atoms. The van der Waals surface area contributed by atoms with E-state index < -0.39 is 6.10 Å². The Labute approximate surface area is 88.1 Å². The summed E-state index contributed by atoms with van der Waals surface area (Å²) in [5, 5.41) is 0. The summed E-state index contributed by atoms with van der Waals surface area (Å²) in [6, 6.07) is 7.29. The fourth-order valence-electron chi connectivity index (χ4n) is 1.61. The van der Waals surface area contributed by atoms with E-state index in [1.807, 2.05) is 19.1 Å². The van der Waals surface area contributed by atoms with Gasteiger partial charge in [0.25, 0.3) is 0 Å². The van der Waals surface area contributed by atoms with Gasteiger partial charge in [-0.3, -0.25) is 9.59 Å². The first-order chi connectivity index (χ1) is 7.16. The predicted molar refractivity (Wildman–Crippen MR) is 54.6 cm³/mol. The number of Topliss-reactive ketones (excluding diaryl/α,β-unsaturated/α-hetero) is 1. The van der Waals surface area contributed by atoms with E-state index in [1.165, 1.54) is 0 Å². The number of carbonyl (C=O) groups excluding carboxylic acids is 2. The molecule has 1 aliphatic heterocycles. The van der Waals surface area contributed by atoms with E-state index in [9.17, 15) is 9.59 Å². The first kappa shape index (κ1) is 9.90. The summed E-state index contributed by atoms with van der Waals surface area (Å²) in [5.41, 5.74) is 1.72. The molecule has 0 N–H and O–H groups in total. The van der Waals surface area contributed by atoms with Crippen molar-refractivity contribution in [1.82, 2.24) is 0 Å². The van der Waals surface area contributed by atoms with Crippen molar-refractivity contribution in [3.63, 3.8) is 0 Å². The molecular formula is C12H12O3. The summed E-state index contributed by atoms with van der Waals surface area (Å²) >= 11 is 0. The van der Waals surface area contributed by atoms with E-state index in [2.05, 4.69) is 0 Å². The molecule has 1 fully saturated rings. The van der Waals surface area contributed by atoms with E-state index >= 15 is 0 Å². The van der Waals surface area contributed by atoms with Gasteiger partial charge in [0.1, 0.15) is 0 Å². The number of hydrogen-bond acceptors (Lipinski definition) is 3. The zero-order valence-electron chi connectivity index (χ0n) is 8.53. The van der Waals surface area contributed by atoms with E-state index in [1.54, 1.807) is 12.1 Å². The van der Waals surface area contributed by atoms with Crippen molar-refractivity contribution in [2.24, 2.45) is 0 Å². The van der Waals surface area contributed by atoms with Crippen LogP contribution < -0.4 is 0 Å². The molecule has 0 unspecified atom stereocenters. The van der Waals surface area contributed by atoms with Crippen molar-refractivity contribution >= 4 is 11.8 Å². The lowest BCUT2D eigenvalue weighted by molar-refractivity contribution is -0.140. The van der Waals surface area contributed by atoms with Gasteiger partial charge in [0.15, 0.2) is 6.10 Å². The highest BCUT2D eigenvalue weighted by Crippen LogP contribution is 2.18. The van der Waals surface area contributed by atoms with Crippen LogP contribution in [0.3, 0.4) is 0 Å². The summed E-state index contributed by atoms with van der Waals surface area (Å²) in [5.74, 6) is -0.374. The first-order valence-corrected chi connectivity index (χ1v) is 4.97. The Bertz CT molecular complexity index is 392. The molecule has 0 amide bonds. The third-order valence-corrected chi connectivity index (χ3v) is 2.51. The van der Waals surface area contributed by atoms with E-state index in [4.69, 9.17) is 4.74 Å². The zero-order chi connectivity index (χ0) is 10.8. The number of benzene rings is 1. The van der Waals surface area contributed by atoms with Crippen molar-refractivity contribution in [3.8, 4) is 0 Å². The molecule has 1 aliphatic rings. The monoisotopic (exact) mass is 204 g/mol. The van der Waals surface area contributed by atoms with Crippen molar-refractivity contribution in [2.75, 3.05) is 0 Å². The van der Waals surface area contributed by atoms with Crippen LogP contribution in [0.15, 0.2) is 24.3 Å². The summed E-state index contributed by atoms with van der Waals surface area (Å²) in [7, 11) is 0. The number of esters is 1. The number of carbonyl (C=O) groups is 2. The molecular weight excluding hydrogens is 192 g/mol. The molecule has 1 heterocycles. The highest BCUT2D eigenvalue weighted by atomic mass is 16.6. The fraction of sp³-hybridized carbons (Fsp3) is 0.333. The quantitative estimate of drug-likeness (QED) is 0.545. The van der Waals surface area contributed by atoms with Crippen molar-refractivity contribution in [1.29, 1.82) is 0 Å². The Kier molecular flexibility index (Phi) is 2.54. The molecule has 1 saturated heterocycles. The third kappa shape index (κ3) is 2.06.